The number of benzene rings is 1. The number of hydrogen-bond donors (Lipinski definition) is 1. The summed E-state index contributed by atoms with van der Waals surface area (Å²) in [6.07, 6.45) is 1.45. The largest absolute Gasteiger partial charge is 0.377 e. The Morgan fingerprint density at radius 3 is 2.70 bits per heavy atom. The summed E-state index contributed by atoms with van der Waals surface area (Å²) in [5.41, 5.74) is 5.14. The highest BCUT2D eigenvalue weighted by atomic mass is 19.1. The number of amides is 1. The van der Waals surface area contributed by atoms with Gasteiger partial charge in [0.15, 0.2) is 0 Å². The second-order valence-electron chi connectivity index (χ2n) is 4.78. The predicted octanol–water partition coefficient (Wildman–Crippen LogP) is 1.54. The number of likely N-dealkylation sites (tertiary alicyclic amines) is 1. The van der Waals surface area contributed by atoms with Gasteiger partial charge in [-0.2, -0.15) is 0 Å². The molecule has 2 rings (SSSR count). The average molecular weight is 284 g/mol. The van der Waals surface area contributed by atoms with Crippen LogP contribution in [0, 0.1) is 11.6 Å². The lowest BCUT2D eigenvalue weighted by molar-refractivity contribution is 0.0120. The molecule has 1 aliphatic heterocycles. The van der Waals surface area contributed by atoms with E-state index >= 15 is 0 Å². The minimum absolute atomic E-state index is 0.0833. The maximum absolute atomic E-state index is 13.6. The Bertz CT molecular complexity index is 474. The minimum Gasteiger partial charge on any atom is -0.377 e. The number of nitrogens with two attached hydrogens (primary N) is 1. The Morgan fingerprint density at radius 2 is 2.05 bits per heavy atom. The van der Waals surface area contributed by atoms with E-state index in [1.807, 2.05) is 0 Å². The monoisotopic (exact) mass is 284 g/mol. The zero-order chi connectivity index (χ0) is 14.5. The molecule has 1 aromatic rings. The number of nitrogens with zero attached hydrogens (tertiary/aromatic N) is 1. The molecule has 0 unspecified atom stereocenters. The third-order valence-electron chi connectivity index (χ3n) is 3.36. The van der Waals surface area contributed by atoms with Crippen molar-refractivity contribution in [1.29, 1.82) is 0 Å². The summed E-state index contributed by atoms with van der Waals surface area (Å²) in [6.45, 7) is 1.92. The smallest absolute Gasteiger partial charge is 0.256 e. The summed E-state index contributed by atoms with van der Waals surface area (Å²) in [6, 6.07) is 2.91. The molecule has 1 saturated heterocycles. The number of ether oxygens (including phenoxy) is 1. The van der Waals surface area contributed by atoms with Crippen LogP contribution in [0.5, 0.6) is 0 Å². The van der Waals surface area contributed by atoms with E-state index < -0.39 is 17.5 Å². The molecular weight excluding hydrogens is 266 g/mol. The number of carbonyl (C=O) groups excluding carboxylic acids is 1. The summed E-state index contributed by atoms with van der Waals surface area (Å²) in [5, 5.41) is 0. The summed E-state index contributed by atoms with van der Waals surface area (Å²) in [5.74, 6) is -1.78. The Morgan fingerprint density at radius 1 is 1.35 bits per heavy atom. The lowest BCUT2D eigenvalue weighted by Gasteiger charge is -2.32. The lowest BCUT2D eigenvalue weighted by atomic mass is 10.1. The van der Waals surface area contributed by atoms with Gasteiger partial charge < -0.3 is 15.4 Å². The van der Waals surface area contributed by atoms with Gasteiger partial charge in [-0.15, -0.1) is 0 Å². The van der Waals surface area contributed by atoms with Crippen LogP contribution in [-0.4, -0.2) is 43.2 Å². The molecule has 2 N–H and O–H groups in total. The number of hydrogen-bond acceptors (Lipinski definition) is 3. The second kappa shape index (κ2) is 6.76. The Labute approximate surface area is 116 Å². The van der Waals surface area contributed by atoms with Crippen LogP contribution in [0.15, 0.2) is 18.2 Å². The van der Waals surface area contributed by atoms with Crippen LogP contribution < -0.4 is 5.73 Å². The van der Waals surface area contributed by atoms with Crippen LogP contribution in [0.1, 0.15) is 23.2 Å². The molecule has 1 heterocycles. The molecule has 0 spiro atoms. The van der Waals surface area contributed by atoms with Crippen molar-refractivity contribution in [2.45, 2.75) is 18.9 Å². The lowest BCUT2D eigenvalue weighted by Crippen LogP contribution is -2.41. The summed E-state index contributed by atoms with van der Waals surface area (Å²) in [7, 11) is 0. The molecule has 4 nitrogen and oxygen atoms in total. The molecule has 0 atom stereocenters. The first kappa shape index (κ1) is 14.9. The van der Waals surface area contributed by atoms with Gasteiger partial charge in [0.05, 0.1) is 18.3 Å². The molecule has 0 aromatic heterocycles. The zero-order valence-electron chi connectivity index (χ0n) is 11.1. The van der Waals surface area contributed by atoms with Gasteiger partial charge in [-0.1, -0.05) is 0 Å². The van der Waals surface area contributed by atoms with Gasteiger partial charge >= 0.3 is 0 Å². The average Bonchev–Trinajstić information content (AvgIpc) is 2.47. The topological polar surface area (TPSA) is 55.6 Å². The fraction of sp³-hybridized carbons (Fsp3) is 0.500. The highest BCUT2D eigenvalue weighted by Crippen LogP contribution is 2.18. The Balaban J connectivity index is 1.96. The normalized spacial score (nSPS) is 16.4. The number of carbonyl (C=O) groups is 1. The summed E-state index contributed by atoms with van der Waals surface area (Å²) >= 11 is 0. The first-order valence-corrected chi connectivity index (χ1v) is 6.68. The van der Waals surface area contributed by atoms with Gasteiger partial charge in [0, 0.05) is 19.6 Å². The second-order valence-corrected chi connectivity index (χ2v) is 4.78. The fourth-order valence-corrected chi connectivity index (χ4v) is 2.29. The van der Waals surface area contributed by atoms with Crippen LogP contribution in [0.2, 0.25) is 0 Å². The molecule has 0 saturated carbocycles. The molecule has 0 aliphatic carbocycles. The molecule has 20 heavy (non-hydrogen) atoms. The van der Waals surface area contributed by atoms with E-state index in [1.165, 1.54) is 4.90 Å². The molecule has 1 aromatic carbocycles. The van der Waals surface area contributed by atoms with E-state index in [-0.39, 0.29) is 11.7 Å². The van der Waals surface area contributed by atoms with Crippen molar-refractivity contribution < 1.29 is 18.3 Å². The Hall–Kier alpha value is -1.53. The van der Waals surface area contributed by atoms with Crippen molar-refractivity contribution >= 4 is 5.91 Å². The summed E-state index contributed by atoms with van der Waals surface area (Å²) < 4.78 is 32.2. The quantitative estimate of drug-likeness (QED) is 0.912. The minimum atomic E-state index is -0.696. The third kappa shape index (κ3) is 3.52. The molecule has 1 aliphatic rings. The molecule has 0 bridgehead atoms. The van der Waals surface area contributed by atoms with Crippen molar-refractivity contribution in [2.75, 3.05) is 26.2 Å². The standard InChI is InChI=1S/C14H18F2N2O2/c15-10-1-2-13(16)12(9-10)14(19)18-6-3-11(4-7-18)20-8-5-17/h1-2,9,11H,3-8,17H2. The molecule has 1 fully saturated rings. The van der Waals surface area contributed by atoms with E-state index in [0.717, 1.165) is 18.2 Å². The van der Waals surface area contributed by atoms with E-state index in [9.17, 15) is 13.6 Å². The van der Waals surface area contributed by atoms with E-state index in [4.69, 9.17) is 10.5 Å². The van der Waals surface area contributed by atoms with Crippen LogP contribution in [0.25, 0.3) is 0 Å². The van der Waals surface area contributed by atoms with Crippen molar-refractivity contribution in [2.24, 2.45) is 5.73 Å². The van der Waals surface area contributed by atoms with Gasteiger partial charge in [0.1, 0.15) is 11.6 Å². The predicted molar refractivity (Wildman–Crippen MR) is 70.3 cm³/mol. The van der Waals surface area contributed by atoms with Crippen LogP contribution in [0.3, 0.4) is 0 Å². The van der Waals surface area contributed by atoms with Crippen LogP contribution in [0.4, 0.5) is 8.78 Å². The van der Waals surface area contributed by atoms with Gasteiger partial charge in [-0.25, -0.2) is 8.78 Å². The van der Waals surface area contributed by atoms with Crippen molar-refractivity contribution in [3.8, 4) is 0 Å². The van der Waals surface area contributed by atoms with E-state index in [0.29, 0.717) is 39.1 Å². The van der Waals surface area contributed by atoms with Crippen molar-refractivity contribution in [3.63, 3.8) is 0 Å². The SMILES string of the molecule is NCCOC1CCN(C(=O)c2cc(F)ccc2F)CC1. The first-order valence-electron chi connectivity index (χ1n) is 6.68. The van der Waals surface area contributed by atoms with Gasteiger partial charge in [0.25, 0.3) is 5.91 Å². The number of halogens is 2. The first-order chi connectivity index (χ1) is 9.61. The Kier molecular flexibility index (Phi) is 5.03. The highest BCUT2D eigenvalue weighted by Gasteiger charge is 2.25. The van der Waals surface area contributed by atoms with Gasteiger partial charge in [-0.3, -0.25) is 4.79 Å². The van der Waals surface area contributed by atoms with Crippen molar-refractivity contribution in [1.82, 2.24) is 4.90 Å². The van der Waals surface area contributed by atoms with Crippen LogP contribution in [-0.2, 0) is 4.74 Å². The third-order valence-corrected chi connectivity index (χ3v) is 3.36. The molecule has 0 radical (unpaired) electrons. The molecular formula is C14H18F2N2O2. The highest BCUT2D eigenvalue weighted by molar-refractivity contribution is 5.94. The molecule has 6 heteroatoms. The maximum atomic E-state index is 13.6. The maximum Gasteiger partial charge on any atom is 0.256 e. The molecule has 1 amide bonds. The number of rotatable bonds is 4. The van der Waals surface area contributed by atoms with Crippen LogP contribution >= 0.6 is 0 Å². The van der Waals surface area contributed by atoms with E-state index in [2.05, 4.69) is 0 Å². The van der Waals surface area contributed by atoms with E-state index in [1.54, 1.807) is 0 Å². The fourth-order valence-electron chi connectivity index (χ4n) is 2.29. The number of piperidine rings is 1. The van der Waals surface area contributed by atoms with Gasteiger partial charge in [-0.05, 0) is 31.0 Å². The summed E-state index contributed by atoms with van der Waals surface area (Å²) in [4.78, 5) is 13.7. The zero-order valence-corrected chi connectivity index (χ0v) is 11.1. The molecule has 110 valence electrons. The van der Waals surface area contributed by atoms with Gasteiger partial charge in [0.2, 0.25) is 0 Å². The van der Waals surface area contributed by atoms with Crippen molar-refractivity contribution in [3.05, 3.63) is 35.4 Å².